The van der Waals surface area contributed by atoms with E-state index in [1.165, 1.54) is 18.5 Å². The van der Waals surface area contributed by atoms with Gasteiger partial charge in [0.15, 0.2) is 0 Å². The lowest BCUT2D eigenvalue weighted by molar-refractivity contribution is -0.124. The molecule has 28 heavy (non-hydrogen) atoms. The van der Waals surface area contributed by atoms with Gasteiger partial charge in [-0.05, 0) is 62.9 Å². The third kappa shape index (κ3) is 4.31. The Hall–Kier alpha value is -2.10. The molecule has 1 aromatic rings. The third-order valence-electron chi connectivity index (χ3n) is 6.58. The number of nitrogens with zero attached hydrogens (tertiary/aromatic N) is 3. The topological polar surface area (TPSA) is 71.4 Å². The van der Waals surface area contributed by atoms with Crippen LogP contribution in [-0.4, -0.2) is 62.2 Å². The van der Waals surface area contributed by atoms with Crippen LogP contribution in [0, 0.1) is 17.2 Å². The van der Waals surface area contributed by atoms with Crippen LogP contribution < -0.4 is 15.5 Å². The van der Waals surface area contributed by atoms with Gasteiger partial charge in [-0.3, -0.25) is 4.79 Å². The van der Waals surface area contributed by atoms with Crippen LogP contribution >= 0.6 is 0 Å². The number of nitrogens with one attached hydrogen (secondary N) is 2. The Kier molecular flexibility index (Phi) is 5.84. The Morgan fingerprint density at radius 2 is 2.07 bits per heavy atom. The van der Waals surface area contributed by atoms with Gasteiger partial charge in [0.25, 0.3) is 0 Å². The molecule has 4 rings (SSSR count). The molecule has 6 nitrogen and oxygen atoms in total. The molecule has 1 amide bonds. The summed E-state index contributed by atoms with van der Waals surface area (Å²) in [6, 6.07) is 10.6. The molecule has 2 heterocycles. The second kappa shape index (κ2) is 8.50. The minimum Gasteiger partial charge on any atom is -0.370 e. The Bertz CT molecular complexity index is 727. The van der Waals surface area contributed by atoms with E-state index in [9.17, 15) is 10.1 Å². The largest absolute Gasteiger partial charge is 0.370 e. The second-order valence-corrected chi connectivity index (χ2v) is 8.62. The van der Waals surface area contributed by atoms with E-state index in [0.717, 1.165) is 44.6 Å². The highest BCUT2D eigenvalue weighted by Crippen LogP contribution is 2.35. The predicted octanol–water partition coefficient (Wildman–Crippen LogP) is 1.52. The maximum absolute atomic E-state index is 12.6. The first-order valence-corrected chi connectivity index (χ1v) is 10.6. The van der Waals surface area contributed by atoms with Crippen molar-refractivity contribution >= 4 is 11.6 Å². The number of rotatable bonds is 5. The van der Waals surface area contributed by atoms with Crippen molar-refractivity contribution in [3.63, 3.8) is 0 Å². The summed E-state index contributed by atoms with van der Waals surface area (Å²) in [6.07, 6.45) is 5.13. The van der Waals surface area contributed by atoms with Crippen LogP contribution in [0.3, 0.4) is 0 Å². The van der Waals surface area contributed by atoms with E-state index in [4.69, 9.17) is 0 Å². The van der Waals surface area contributed by atoms with Crippen LogP contribution in [0.4, 0.5) is 5.69 Å². The van der Waals surface area contributed by atoms with Crippen molar-refractivity contribution < 1.29 is 4.79 Å². The predicted molar refractivity (Wildman–Crippen MR) is 110 cm³/mol. The summed E-state index contributed by atoms with van der Waals surface area (Å²) in [5.74, 6) is 0.431. The van der Waals surface area contributed by atoms with Gasteiger partial charge in [0.2, 0.25) is 5.91 Å². The van der Waals surface area contributed by atoms with Crippen molar-refractivity contribution in [1.29, 1.82) is 5.26 Å². The lowest BCUT2D eigenvalue weighted by Crippen LogP contribution is -2.50. The molecule has 6 heteroatoms. The summed E-state index contributed by atoms with van der Waals surface area (Å²) in [5, 5.41) is 15.9. The van der Waals surface area contributed by atoms with Gasteiger partial charge in [0, 0.05) is 37.8 Å². The minimum absolute atomic E-state index is 0.0101. The van der Waals surface area contributed by atoms with Gasteiger partial charge >= 0.3 is 0 Å². The van der Waals surface area contributed by atoms with Gasteiger partial charge in [-0.15, -0.1) is 0 Å². The number of piperidine rings is 1. The van der Waals surface area contributed by atoms with Crippen LogP contribution in [0.5, 0.6) is 0 Å². The van der Waals surface area contributed by atoms with Crippen molar-refractivity contribution in [2.75, 3.05) is 38.1 Å². The molecule has 3 fully saturated rings. The Morgan fingerprint density at radius 1 is 1.25 bits per heavy atom. The zero-order chi connectivity index (χ0) is 19.5. The first kappa shape index (κ1) is 19.2. The van der Waals surface area contributed by atoms with Gasteiger partial charge in [-0.2, -0.15) is 5.26 Å². The number of nitriles is 1. The molecule has 150 valence electrons. The average Bonchev–Trinajstić information content (AvgIpc) is 3.28. The zero-order valence-corrected chi connectivity index (χ0v) is 16.7. The van der Waals surface area contributed by atoms with Gasteiger partial charge in [0.1, 0.15) is 6.04 Å². The van der Waals surface area contributed by atoms with Gasteiger partial charge < -0.3 is 20.4 Å². The van der Waals surface area contributed by atoms with E-state index in [2.05, 4.69) is 57.8 Å². The van der Waals surface area contributed by atoms with E-state index in [1.807, 2.05) is 0 Å². The Morgan fingerprint density at radius 3 is 2.75 bits per heavy atom. The summed E-state index contributed by atoms with van der Waals surface area (Å²) < 4.78 is 0. The molecule has 2 N–H and O–H groups in total. The van der Waals surface area contributed by atoms with Gasteiger partial charge in [0.05, 0.1) is 12.1 Å². The van der Waals surface area contributed by atoms with Crippen molar-refractivity contribution in [2.45, 2.75) is 50.2 Å². The van der Waals surface area contributed by atoms with Crippen LogP contribution in [0.2, 0.25) is 0 Å². The summed E-state index contributed by atoms with van der Waals surface area (Å²) in [7, 11) is 2.18. The normalized spacial score (nSPS) is 28.6. The molecule has 4 atom stereocenters. The lowest BCUT2D eigenvalue weighted by atomic mass is 9.98. The van der Waals surface area contributed by atoms with Gasteiger partial charge in [-0.25, -0.2) is 0 Å². The fourth-order valence-electron chi connectivity index (χ4n) is 4.92. The molecule has 1 aliphatic carbocycles. The van der Waals surface area contributed by atoms with Crippen LogP contribution in [0.25, 0.3) is 0 Å². The monoisotopic (exact) mass is 381 g/mol. The van der Waals surface area contributed by atoms with Crippen LogP contribution in [-0.2, 0) is 11.2 Å². The zero-order valence-electron chi connectivity index (χ0n) is 16.7. The number of benzene rings is 1. The van der Waals surface area contributed by atoms with E-state index in [-0.39, 0.29) is 11.9 Å². The standard InChI is InChI=1S/C22H31N5O/c1-26-9-2-10-27(12-11-26)20-7-3-16(4-8-20)13-19(15-23)25-22(28)21-17-5-6-18(14-17)24-21/h3-4,7-8,17-19,21,24H,2,5-6,9-14H2,1H3,(H,25,28)/t17?,18?,19-,21?/m0/s1. The molecular weight excluding hydrogens is 350 g/mol. The Labute approximate surface area is 167 Å². The molecule has 0 aromatic heterocycles. The third-order valence-corrected chi connectivity index (χ3v) is 6.58. The Balaban J connectivity index is 1.32. The summed E-state index contributed by atoms with van der Waals surface area (Å²) in [6.45, 7) is 4.36. The molecule has 0 spiro atoms. The quantitative estimate of drug-likeness (QED) is 0.809. The molecule has 3 unspecified atom stereocenters. The van der Waals surface area contributed by atoms with Gasteiger partial charge in [-0.1, -0.05) is 12.1 Å². The van der Waals surface area contributed by atoms with Crippen molar-refractivity contribution in [1.82, 2.24) is 15.5 Å². The highest BCUT2D eigenvalue weighted by Gasteiger charge is 2.43. The maximum Gasteiger partial charge on any atom is 0.238 e. The van der Waals surface area contributed by atoms with Crippen LogP contribution in [0.1, 0.15) is 31.2 Å². The molecule has 1 saturated carbocycles. The second-order valence-electron chi connectivity index (χ2n) is 8.62. The fourth-order valence-corrected chi connectivity index (χ4v) is 4.92. The highest BCUT2D eigenvalue weighted by molar-refractivity contribution is 5.83. The SMILES string of the molecule is CN1CCCN(c2ccc(C[C@@H](C#N)NC(=O)C3NC4CCC3C4)cc2)CC1. The number of hydrogen-bond donors (Lipinski definition) is 2. The molecule has 2 bridgehead atoms. The molecule has 2 aliphatic heterocycles. The van der Waals surface area contributed by atoms with Crippen molar-refractivity contribution in [3.05, 3.63) is 29.8 Å². The number of amides is 1. The molecular formula is C22H31N5O. The van der Waals surface area contributed by atoms with E-state index in [0.29, 0.717) is 18.4 Å². The highest BCUT2D eigenvalue weighted by atomic mass is 16.2. The number of carbonyl (C=O) groups is 1. The number of fused-ring (bicyclic) bond motifs is 2. The van der Waals surface area contributed by atoms with Crippen molar-refractivity contribution in [2.24, 2.45) is 5.92 Å². The molecule has 0 radical (unpaired) electrons. The molecule has 1 aromatic carbocycles. The lowest BCUT2D eigenvalue weighted by Gasteiger charge is -2.24. The number of anilines is 1. The molecule has 2 saturated heterocycles. The summed E-state index contributed by atoms with van der Waals surface area (Å²) >= 11 is 0. The minimum atomic E-state index is -0.480. The summed E-state index contributed by atoms with van der Waals surface area (Å²) in [5.41, 5.74) is 2.33. The first-order valence-electron chi connectivity index (χ1n) is 10.6. The average molecular weight is 382 g/mol. The maximum atomic E-state index is 12.6. The van der Waals surface area contributed by atoms with E-state index < -0.39 is 6.04 Å². The van der Waals surface area contributed by atoms with E-state index in [1.54, 1.807) is 0 Å². The first-order chi connectivity index (χ1) is 13.6. The van der Waals surface area contributed by atoms with E-state index >= 15 is 0 Å². The number of carbonyl (C=O) groups excluding carboxylic acids is 1. The fraction of sp³-hybridized carbons (Fsp3) is 0.636. The molecule has 3 aliphatic rings. The number of likely N-dealkylation sites (N-methyl/N-ethyl adjacent to an activating group) is 1. The smallest absolute Gasteiger partial charge is 0.238 e. The van der Waals surface area contributed by atoms with Crippen LogP contribution in [0.15, 0.2) is 24.3 Å². The summed E-state index contributed by atoms with van der Waals surface area (Å²) in [4.78, 5) is 17.4. The number of hydrogen-bond acceptors (Lipinski definition) is 5. The van der Waals surface area contributed by atoms with Crippen molar-refractivity contribution in [3.8, 4) is 6.07 Å².